The van der Waals surface area contributed by atoms with E-state index in [-0.39, 0.29) is 5.97 Å². The van der Waals surface area contributed by atoms with Gasteiger partial charge in [-0.2, -0.15) is 0 Å². The van der Waals surface area contributed by atoms with Crippen LogP contribution in [0.15, 0.2) is 60.2 Å². The van der Waals surface area contributed by atoms with E-state index in [1.54, 1.807) is 6.07 Å². The Bertz CT molecular complexity index is 738. The van der Waals surface area contributed by atoms with Gasteiger partial charge in [-0.3, -0.25) is 0 Å². The molecule has 1 aliphatic carbocycles. The maximum Gasteiger partial charge on any atom is 0.348 e. The fourth-order valence-electron chi connectivity index (χ4n) is 2.36. The first kappa shape index (κ1) is 15.6. The molecule has 0 spiro atoms. The average molecular weight is 326 g/mol. The van der Waals surface area contributed by atoms with Gasteiger partial charge in [0.15, 0.2) is 0 Å². The second-order valence-electron chi connectivity index (χ2n) is 5.23. The Morgan fingerprint density at radius 1 is 1.13 bits per heavy atom. The molecule has 0 unspecified atom stereocenters. The lowest BCUT2D eigenvalue weighted by molar-refractivity contribution is 0.0606. The topological polar surface area (TPSA) is 35.5 Å². The fourth-order valence-corrected chi connectivity index (χ4v) is 3.29. The van der Waals surface area contributed by atoms with Crippen LogP contribution < -0.4 is 4.74 Å². The Morgan fingerprint density at radius 3 is 2.65 bits per heavy atom. The number of esters is 1. The molecule has 4 heteroatoms. The molecule has 2 aromatic rings. The highest BCUT2D eigenvalue weighted by atomic mass is 32.1. The van der Waals surface area contributed by atoms with Gasteiger partial charge in [0, 0.05) is 4.88 Å². The van der Waals surface area contributed by atoms with Crippen LogP contribution >= 0.6 is 11.3 Å². The van der Waals surface area contributed by atoms with Gasteiger partial charge in [0.25, 0.3) is 0 Å². The first-order valence-corrected chi connectivity index (χ1v) is 8.35. The molecule has 0 saturated heterocycles. The molecular formula is C19H18O3S. The van der Waals surface area contributed by atoms with Crippen molar-refractivity contribution in [2.45, 2.75) is 12.8 Å². The molecule has 1 heterocycles. The third-order valence-corrected chi connectivity index (χ3v) is 4.72. The monoisotopic (exact) mass is 326 g/mol. The molecule has 0 amide bonds. The number of hydrogen-bond acceptors (Lipinski definition) is 4. The molecule has 1 aromatic carbocycles. The largest absolute Gasteiger partial charge is 0.489 e. The minimum Gasteiger partial charge on any atom is -0.489 e. The predicted molar refractivity (Wildman–Crippen MR) is 93.0 cm³/mol. The molecule has 0 bridgehead atoms. The molecule has 0 atom stereocenters. The summed E-state index contributed by atoms with van der Waals surface area (Å²) in [4.78, 5) is 13.2. The van der Waals surface area contributed by atoms with Crippen molar-refractivity contribution in [2.75, 3.05) is 13.7 Å². The number of carbonyl (C=O) groups is 1. The van der Waals surface area contributed by atoms with Crippen molar-refractivity contribution >= 4 is 17.3 Å². The quantitative estimate of drug-likeness (QED) is 0.736. The van der Waals surface area contributed by atoms with Gasteiger partial charge in [0.1, 0.15) is 17.2 Å². The molecule has 3 rings (SSSR count). The second-order valence-corrected chi connectivity index (χ2v) is 6.31. The zero-order valence-electron chi connectivity index (χ0n) is 13.0. The minimum atomic E-state index is -0.296. The van der Waals surface area contributed by atoms with Gasteiger partial charge in [-0.25, -0.2) is 4.79 Å². The van der Waals surface area contributed by atoms with Crippen LogP contribution in [0.2, 0.25) is 0 Å². The number of methoxy groups -OCH3 is 1. The van der Waals surface area contributed by atoms with Crippen LogP contribution in [0.25, 0.3) is 10.4 Å². The third kappa shape index (κ3) is 3.90. The maximum absolute atomic E-state index is 11.5. The van der Waals surface area contributed by atoms with Crippen LogP contribution in [0, 0.1) is 0 Å². The van der Waals surface area contributed by atoms with Gasteiger partial charge in [0.2, 0.25) is 0 Å². The summed E-state index contributed by atoms with van der Waals surface area (Å²) in [5.74, 6) is 0.549. The van der Waals surface area contributed by atoms with Crippen molar-refractivity contribution in [2.24, 2.45) is 0 Å². The van der Waals surface area contributed by atoms with Crippen molar-refractivity contribution in [3.63, 3.8) is 0 Å². The van der Waals surface area contributed by atoms with Gasteiger partial charge in [-0.05, 0) is 60.4 Å². The van der Waals surface area contributed by atoms with E-state index < -0.39 is 0 Å². The van der Waals surface area contributed by atoms with E-state index in [4.69, 9.17) is 9.47 Å². The highest BCUT2D eigenvalue weighted by molar-refractivity contribution is 7.17. The average Bonchev–Trinajstić information content (AvgIpc) is 3.11. The van der Waals surface area contributed by atoms with E-state index in [1.165, 1.54) is 24.0 Å². The minimum absolute atomic E-state index is 0.296. The molecule has 3 nitrogen and oxygen atoms in total. The summed E-state index contributed by atoms with van der Waals surface area (Å²) in [5.41, 5.74) is 2.29. The summed E-state index contributed by atoms with van der Waals surface area (Å²) in [6.45, 7) is 0.599. The molecule has 0 radical (unpaired) electrons. The van der Waals surface area contributed by atoms with E-state index in [0.717, 1.165) is 29.0 Å². The zero-order valence-corrected chi connectivity index (χ0v) is 13.8. The molecule has 0 fully saturated rings. The standard InChI is InChI=1S/C19H18O3S/c1-21-19(20)18-12-11-17(23-18)15-7-9-16(10-8-15)22-13-14-5-3-2-4-6-14/h3,5-12H,2,4,13H2,1H3. The summed E-state index contributed by atoms with van der Waals surface area (Å²) in [5, 5.41) is 0. The SMILES string of the molecule is COC(=O)c1ccc(-c2ccc(OCC3=CCCC=C3)cc2)s1. The molecule has 0 aliphatic heterocycles. The van der Waals surface area contributed by atoms with Gasteiger partial charge in [-0.1, -0.05) is 18.2 Å². The van der Waals surface area contributed by atoms with Crippen molar-refractivity contribution in [1.82, 2.24) is 0 Å². The molecule has 1 aromatic heterocycles. The van der Waals surface area contributed by atoms with Gasteiger partial charge >= 0.3 is 5.97 Å². The molecule has 0 N–H and O–H groups in total. The van der Waals surface area contributed by atoms with E-state index >= 15 is 0 Å². The number of rotatable bonds is 5. The number of allylic oxidation sites excluding steroid dienone is 2. The number of hydrogen-bond donors (Lipinski definition) is 0. The van der Waals surface area contributed by atoms with Crippen molar-refractivity contribution in [3.05, 3.63) is 65.1 Å². The first-order valence-electron chi connectivity index (χ1n) is 7.53. The van der Waals surface area contributed by atoms with Crippen LogP contribution in [0.5, 0.6) is 5.75 Å². The van der Waals surface area contributed by atoms with Crippen LogP contribution in [-0.4, -0.2) is 19.7 Å². The van der Waals surface area contributed by atoms with Gasteiger partial charge in [0.05, 0.1) is 7.11 Å². The van der Waals surface area contributed by atoms with E-state index in [9.17, 15) is 4.79 Å². The molecular weight excluding hydrogens is 308 g/mol. The zero-order chi connectivity index (χ0) is 16.1. The van der Waals surface area contributed by atoms with Gasteiger partial charge in [-0.15, -0.1) is 11.3 Å². The summed E-state index contributed by atoms with van der Waals surface area (Å²) < 4.78 is 10.5. The Balaban J connectivity index is 1.64. The van der Waals surface area contributed by atoms with Crippen molar-refractivity contribution in [1.29, 1.82) is 0 Å². The molecule has 118 valence electrons. The third-order valence-electron chi connectivity index (χ3n) is 3.61. The number of carbonyl (C=O) groups excluding carboxylic acids is 1. The molecule has 23 heavy (non-hydrogen) atoms. The van der Waals surface area contributed by atoms with E-state index in [1.807, 2.05) is 30.3 Å². The fraction of sp³-hybridized carbons (Fsp3) is 0.211. The van der Waals surface area contributed by atoms with Crippen LogP contribution in [0.3, 0.4) is 0 Å². The van der Waals surface area contributed by atoms with Crippen LogP contribution in [0.4, 0.5) is 0 Å². The Labute approximate surface area is 139 Å². The lowest BCUT2D eigenvalue weighted by atomic mass is 10.1. The van der Waals surface area contributed by atoms with Gasteiger partial charge < -0.3 is 9.47 Å². The molecule has 0 saturated carbocycles. The molecule has 1 aliphatic rings. The lowest BCUT2D eigenvalue weighted by Gasteiger charge is -2.09. The Morgan fingerprint density at radius 2 is 1.96 bits per heavy atom. The first-order chi connectivity index (χ1) is 11.3. The summed E-state index contributed by atoms with van der Waals surface area (Å²) in [6.07, 6.45) is 8.73. The summed E-state index contributed by atoms with van der Waals surface area (Å²) in [6, 6.07) is 11.7. The van der Waals surface area contributed by atoms with E-state index in [0.29, 0.717) is 11.5 Å². The number of ether oxygens (including phenoxy) is 2. The highest BCUT2D eigenvalue weighted by Gasteiger charge is 2.10. The van der Waals surface area contributed by atoms with Crippen LogP contribution in [-0.2, 0) is 4.74 Å². The highest BCUT2D eigenvalue weighted by Crippen LogP contribution is 2.30. The maximum atomic E-state index is 11.5. The normalized spacial score (nSPS) is 13.5. The predicted octanol–water partition coefficient (Wildman–Crippen LogP) is 4.86. The summed E-state index contributed by atoms with van der Waals surface area (Å²) in [7, 11) is 1.39. The number of benzene rings is 1. The van der Waals surface area contributed by atoms with E-state index in [2.05, 4.69) is 18.2 Å². The lowest BCUT2D eigenvalue weighted by Crippen LogP contribution is -2.01. The van der Waals surface area contributed by atoms with Crippen molar-refractivity contribution < 1.29 is 14.3 Å². The smallest absolute Gasteiger partial charge is 0.348 e. The number of thiophene rings is 1. The Hall–Kier alpha value is -2.33. The summed E-state index contributed by atoms with van der Waals surface area (Å²) >= 11 is 1.43. The Kier molecular flexibility index (Phi) is 4.93. The van der Waals surface area contributed by atoms with Crippen molar-refractivity contribution in [3.8, 4) is 16.2 Å². The second kappa shape index (κ2) is 7.29. The van der Waals surface area contributed by atoms with Crippen LogP contribution in [0.1, 0.15) is 22.5 Å².